The van der Waals surface area contributed by atoms with Gasteiger partial charge in [-0.3, -0.25) is 4.98 Å². The van der Waals surface area contributed by atoms with Crippen molar-refractivity contribution < 1.29 is 4.39 Å². The summed E-state index contributed by atoms with van der Waals surface area (Å²) in [6, 6.07) is 10.0. The van der Waals surface area contributed by atoms with Gasteiger partial charge in [0.1, 0.15) is 5.82 Å². The van der Waals surface area contributed by atoms with Crippen LogP contribution in [-0.4, -0.2) is 11.5 Å². The molecule has 2 nitrogen and oxygen atoms in total. The third-order valence-electron chi connectivity index (χ3n) is 3.33. The third-order valence-corrected chi connectivity index (χ3v) is 3.33. The lowest BCUT2D eigenvalue weighted by atomic mass is 10.1. The Bertz CT molecular complexity index is 540. The minimum atomic E-state index is -0.287. The molecular formula is C16H19FN2. The number of benzene rings is 1. The molecule has 0 fully saturated rings. The average molecular weight is 258 g/mol. The van der Waals surface area contributed by atoms with Crippen LogP contribution in [-0.2, 0) is 6.42 Å². The molecule has 0 radical (unpaired) electrons. The van der Waals surface area contributed by atoms with Gasteiger partial charge in [0.05, 0.1) is 6.20 Å². The second-order valence-electron chi connectivity index (χ2n) is 4.79. The number of nitrogens with one attached hydrogen (secondary N) is 1. The summed E-state index contributed by atoms with van der Waals surface area (Å²) in [6.07, 6.45) is 3.90. The van der Waals surface area contributed by atoms with Crippen molar-refractivity contribution in [3.63, 3.8) is 0 Å². The monoisotopic (exact) mass is 258 g/mol. The fraction of sp³-hybridized carbons (Fsp3) is 0.312. The molecule has 3 heteroatoms. The van der Waals surface area contributed by atoms with E-state index in [1.807, 2.05) is 13.0 Å². The molecule has 0 aliphatic heterocycles. The lowest BCUT2D eigenvalue weighted by Gasteiger charge is -2.14. The summed E-state index contributed by atoms with van der Waals surface area (Å²) in [6.45, 7) is 5.01. The van der Waals surface area contributed by atoms with Crippen molar-refractivity contribution in [3.8, 4) is 0 Å². The summed E-state index contributed by atoms with van der Waals surface area (Å²) in [4.78, 5) is 3.87. The van der Waals surface area contributed by atoms with Gasteiger partial charge in [-0.2, -0.15) is 0 Å². The molecule has 1 heterocycles. The highest BCUT2D eigenvalue weighted by molar-refractivity contribution is 5.25. The van der Waals surface area contributed by atoms with E-state index in [1.54, 1.807) is 6.20 Å². The van der Waals surface area contributed by atoms with E-state index in [-0.39, 0.29) is 11.9 Å². The average Bonchev–Trinajstić information content (AvgIpc) is 2.41. The van der Waals surface area contributed by atoms with E-state index in [9.17, 15) is 4.39 Å². The van der Waals surface area contributed by atoms with Crippen molar-refractivity contribution in [2.45, 2.75) is 26.3 Å². The first-order chi connectivity index (χ1) is 9.16. The summed E-state index contributed by atoms with van der Waals surface area (Å²) in [5.41, 5.74) is 3.54. The maximum atomic E-state index is 13.1. The Morgan fingerprint density at radius 1 is 1.26 bits per heavy atom. The molecule has 0 saturated carbocycles. The first-order valence-electron chi connectivity index (χ1n) is 6.55. The molecule has 0 amide bonds. The fourth-order valence-corrected chi connectivity index (χ4v) is 2.10. The van der Waals surface area contributed by atoms with Gasteiger partial charge in [-0.05, 0) is 49.6 Å². The summed E-state index contributed by atoms with van der Waals surface area (Å²) in [5, 5.41) is 3.40. The molecule has 100 valence electrons. The van der Waals surface area contributed by atoms with E-state index < -0.39 is 0 Å². The van der Waals surface area contributed by atoms with Gasteiger partial charge in [0.25, 0.3) is 0 Å². The molecule has 0 aliphatic carbocycles. The Hall–Kier alpha value is -1.74. The number of nitrogens with zero attached hydrogens (tertiary/aromatic N) is 1. The Morgan fingerprint density at radius 3 is 2.79 bits per heavy atom. The Balaban J connectivity index is 1.88. The van der Waals surface area contributed by atoms with Gasteiger partial charge in [-0.1, -0.05) is 24.3 Å². The summed E-state index contributed by atoms with van der Waals surface area (Å²) >= 11 is 0. The predicted octanol–water partition coefficient (Wildman–Crippen LogP) is 3.42. The summed E-state index contributed by atoms with van der Waals surface area (Å²) < 4.78 is 13.1. The van der Waals surface area contributed by atoms with Gasteiger partial charge in [0.15, 0.2) is 0 Å². The maximum Gasteiger partial charge on any atom is 0.141 e. The number of pyridine rings is 1. The molecule has 0 spiro atoms. The smallest absolute Gasteiger partial charge is 0.141 e. The highest BCUT2D eigenvalue weighted by Crippen LogP contribution is 2.12. The zero-order valence-corrected chi connectivity index (χ0v) is 11.4. The standard InChI is InChI=1S/C16H19FN2/c1-12-5-3-4-6-14(12)7-8-19-13(2)15-9-16(17)11-18-10-15/h3-6,9-11,13,19H,7-8H2,1-2H3. The predicted molar refractivity (Wildman–Crippen MR) is 75.5 cm³/mol. The number of aromatic nitrogens is 1. The van der Waals surface area contributed by atoms with Gasteiger partial charge in [-0.25, -0.2) is 4.39 Å². The summed E-state index contributed by atoms with van der Waals surface area (Å²) in [7, 11) is 0. The van der Waals surface area contributed by atoms with Crippen LogP contribution < -0.4 is 5.32 Å². The molecule has 2 aromatic rings. The normalized spacial score (nSPS) is 12.4. The zero-order valence-electron chi connectivity index (χ0n) is 11.4. The third kappa shape index (κ3) is 3.86. The van der Waals surface area contributed by atoms with Crippen LogP contribution in [0.2, 0.25) is 0 Å². The number of halogens is 1. The second-order valence-corrected chi connectivity index (χ2v) is 4.79. The molecular weight excluding hydrogens is 239 g/mol. The molecule has 2 rings (SSSR count). The van der Waals surface area contributed by atoms with Crippen LogP contribution in [0.5, 0.6) is 0 Å². The van der Waals surface area contributed by atoms with E-state index in [2.05, 4.69) is 35.4 Å². The molecule has 1 atom stereocenters. The number of hydrogen-bond donors (Lipinski definition) is 1. The van der Waals surface area contributed by atoms with Crippen molar-refractivity contribution in [1.82, 2.24) is 10.3 Å². The Kier molecular flexibility index (Phi) is 4.63. The van der Waals surface area contributed by atoms with Crippen molar-refractivity contribution in [1.29, 1.82) is 0 Å². The van der Waals surface area contributed by atoms with Crippen molar-refractivity contribution in [2.75, 3.05) is 6.54 Å². The second kappa shape index (κ2) is 6.43. The van der Waals surface area contributed by atoms with Crippen LogP contribution in [0.15, 0.2) is 42.7 Å². The lowest BCUT2D eigenvalue weighted by molar-refractivity contribution is 0.562. The van der Waals surface area contributed by atoms with Crippen LogP contribution in [0.25, 0.3) is 0 Å². The molecule has 0 aliphatic rings. The minimum Gasteiger partial charge on any atom is -0.310 e. The highest BCUT2D eigenvalue weighted by Gasteiger charge is 2.06. The Morgan fingerprint density at radius 2 is 2.05 bits per heavy atom. The van der Waals surface area contributed by atoms with Gasteiger partial charge >= 0.3 is 0 Å². The number of aryl methyl sites for hydroxylation is 1. The van der Waals surface area contributed by atoms with E-state index in [4.69, 9.17) is 0 Å². The zero-order chi connectivity index (χ0) is 13.7. The molecule has 1 aromatic heterocycles. The lowest BCUT2D eigenvalue weighted by Crippen LogP contribution is -2.21. The molecule has 1 aromatic carbocycles. The van der Waals surface area contributed by atoms with E-state index in [0.717, 1.165) is 18.5 Å². The molecule has 0 bridgehead atoms. The molecule has 1 N–H and O–H groups in total. The largest absolute Gasteiger partial charge is 0.310 e. The van der Waals surface area contributed by atoms with Crippen molar-refractivity contribution >= 4 is 0 Å². The van der Waals surface area contributed by atoms with E-state index >= 15 is 0 Å². The molecule has 1 unspecified atom stereocenters. The topological polar surface area (TPSA) is 24.9 Å². The first kappa shape index (κ1) is 13.7. The van der Waals surface area contributed by atoms with Crippen molar-refractivity contribution in [3.05, 3.63) is 65.2 Å². The van der Waals surface area contributed by atoms with Crippen LogP contribution in [0.3, 0.4) is 0 Å². The van der Waals surface area contributed by atoms with Crippen LogP contribution in [0, 0.1) is 12.7 Å². The van der Waals surface area contributed by atoms with E-state index in [0.29, 0.717) is 0 Å². The maximum absolute atomic E-state index is 13.1. The number of rotatable bonds is 5. The van der Waals surface area contributed by atoms with Crippen LogP contribution >= 0.6 is 0 Å². The first-order valence-corrected chi connectivity index (χ1v) is 6.55. The van der Waals surface area contributed by atoms with E-state index in [1.165, 1.54) is 23.4 Å². The number of hydrogen-bond acceptors (Lipinski definition) is 2. The summed E-state index contributed by atoms with van der Waals surface area (Å²) in [5.74, 6) is -0.287. The van der Waals surface area contributed by atoms with Crippen LogP contribution in [0.1, 0.15) is 29.7 Å². The van der Waals surface area contributed by atoms with Gasteiger partial charge in [-0.15, -0.1) is 0 Å². The van der Waals surface area contributed by atoms with Crippen molar-refractivity contribution in [2.24, 2.45) is 0 Å². The van der Waals surface area contributed by atoms with Gasteiger partial charge in [0.2, 0.25) is 0 Å². The van der Waals surface area contributed by atoms with Gasteiger partial charge < -0.3 is 5.32 Å². The molecule has 19 heavy (non-hydrogen) atoms. The fourth-order valence-electron chi connectivity index (χ4n) is 2.10. The SMILES string of the molecule is Cc1ccccc1CCNC(C)c1cncc(F)c1. The molecule has 0 saturated heterocycles. The van der Waals surface area contributed by atoms with Crippen LogP contribution in [0.4, 0.5) is 4.39 Å². The highest BCUT2D eigenvalue weighted by atomic mass is 19.1. The minimum absolute atomic E-state index is 0.104. The Labute approximate surface area is 113 Å². The van der Waals surface area contributed by atoms with Gasteiger partial charge in [0, 0.05) is 12.2 Å². The quantitative estimate of drug-likeness (QED) is 0.888.